The van der Waals surface area contributed by atoms with E-state index in [4.69, 9.17) is 17.3 Å². The Hall–Kier alpha value is -2.07. The number of rotatable bonds is 1. The van der Waals surface area contributed by atoms with Crippen LogP contribution in [0.2, 0.25) is 5.02 Å². The molecule has 3 rings (SSSR count). The number of H-pyrrole nitrogens is 1. The Morgan fingerprint density at radius 1 is 1.12 bits per heavy atom. The number of fused-ring (bicyclic) bond motifs is 1. The van der Waals surface area contributed by atoms with Crippen LogP contribution in [-0.4, -0.2) is 15.2 Å². The van der Waals surface area contributed by atoms with E-state index in [1.54, 1.807) is 18.5 Å². The highest BCUT2D eigenvalue weighted by Crippen LogP contribution is 2.29. The smallest absolute Gasteiger partial charge is 0.123 e. The van der Waals surface area contributed by atoms with Crippen molar-refractivity contribution in [3.8, 4) is 11.1 Å². The van der Waals surface area contributed by atoms with Crippen LogP contribution in [0.1, 0.15) is 0 Å². The largest absolute Gasteiger partial charge is 0.384 e. The van der Waals surface area contributed by atoms with Crippen LogP contribution in [0.3, 0.4) is 0 Å². The Kier molecular flexibility index (Phi) is 2.23. The van der Waals surface area contributed by atoms with Crippen LogP contribution in [0.15, 0.2) is 36.7 Å². The number of aromatic nitrogens is 3. The quantitative estimate of drug-likeness (QED) is 0.692. The molecule has 84 valence electrons. The molecule has 0 atom stereocenters. The average molecular weight is 245 g/mol. The van der Waals surface area contributed by atoms with Gasteiger partial charge in [0.1, 0.15) is 5.82 Å². The number of aromatic amines is 1. The minimum Gasteiger partial charge on any atom is -0.384 e. The number of nitrogens with zero attached hydrogens (tertiary/aromatic N) is 2. The Morgan fingerprint density at radius 2 is 2.00 bits per heavy atom. The van der Waals surface area contributed by atoms with Gasteiger partial charge in [0, 0.05) is 17.1 Å². The highest BCUT2D eigenvalue weighted by molar-refractivity contribution is 6.35. The van der Waals surface area contributed by atoms with Gasteiger partial charge in [0.2, 0.25) is 0 Å². The van der Waals surface area contributed by atoms with Crippen molar-refractivity contribution in [2.24, 2.45) is 0 Å². The first-order valence-electron chi connectivity index (χ1n) is 5.08. The molecule has 0 fully saturated rings. The molecule has 17 heavy (non-hydrogen) atoms. The maximum absolute atomic E-state index is 6.17. The van der Waals surface area contributed by atoms with E-state index in [1.165, 1.54) is 0 Å². The number of pyridine rings is 1. The van der Waals surface area contributed by atoms with Gasteiger partial charge in [-0.25, -0.2) is 4.98 Å². The summed E-state index contributed by atoms with van der Waals surface area (Å²) >= 11 is 6.17. The number of nitrogens with two attached hydrogens (primary N) is 1. The molecule has 0 aliphatic rings. The first kappa shape index (κ1) is 10.1. The summed E-state index contributed by atoms with van der Waals surface area (Å²) in [5, 5.41) is 8.45. The van der Waals surface area contributed by atoms with Gasteiger partial charge >= 0.3 is 0 Å². The number of nitrogens with one attached hydrogen (secondary N) is 1. The molecule has 2 aromatic heterocycles. The van der Waals surface area contributed by atoms with E-state index >= 15 is 0 Å². The molecule has 0 aliphatic carbocycles. The number of hydrogen-bond donors (Lipinski definition) is 2. The zero-order valence-electron chi connectivity index (χ0n) is 8.81. The maximum Gasteiger partial charge on any atom is 0.123 e. The molecule has 0 spiro atoms. The normalized spacial score (nSPS) is 10.9. The van der Waals surface area contributed by atoms with E-state index in [2.05, 4.69) is 15.2 Å². The van der Waals surface area contributed by atoms with Gasteiger partial charge in [0.15, 0.2) is 0 Å². The number of benzene rings is 1. The summed E-state index contributed by atoms with van der Waals surface area (Å²) in [6.07, 6.45) is 3.47. The van der Waals surface area contributed by atoms with Crippen LogP contribution < -0.4 is 5.73 Å². The molecule has 3 aromatic rings. The van der Waals surface area contributed by atoms with Gasteiger partial charge in [0.05, 0.1) is 16.7 Å². The molecule has 5 heteroatoms. The fourth-order valence-electron chi connectivity index (χ4n) is 1.76. The Labute approximate surface area is 102 Å². The summed E-state index contributed by atoms with van der Waals surface area (Å²) < 4.78 is 0. The molecule has 0 saturated heterocycles. The summed E-state index contributed by atoms with van der Waals surface area (Å²) in [6, 6.07) is 7.58. The SMILES string of the molecule is Nc1ccc(-c2cc(Cl)c3[nH]ncc3c2)cn1. The van der Waals surface area contributed by atoms with Crippen molar-refractivity contribution in [3.63, 3.8) is 0 Å². The van der Waals surface area contributed by atoms with Crippen molar-refractivity contribution in [1.82, 2.24) is 15.2 Å². The van der Waals surface area contributed by atoms with Gasteiger partial charge in [-0.3, -0.25) is 5.10 Å². The third-order valence-corrected chi connectivity index (χ3v) is 2.92. The minimum absolute atomic E-state index is 0.504. The summed E-state index contributed by atoms with van der Waals surface area (Å²) in [5.74, 6) is 0.504. The molecule has 3 N–H and O–H groups in total. The van der Waals surface area contributed by atoms with E-state index in [-0.39, 0.29) is 0 Å². The molecule has 2 heterocycles. The van der Waals surface area contributed by atoms with E-state index in [0.29, 0.717) is 10.8 Å². The lowest BCUT2D eigenvalue weighted by atomic mass is 10.1. The van der Waals surface area contributed by atoms with Gasteiger partial charge in [-0.1, -0.05) is 11.6 Å². The Bertz CT molecular complexity index is 673. The standard InChI is InChI=1S/C12H9ClN4/c13-10-4-8(3-9-6-16-17-12(9)10)7-1-2-11(14)15-5-7/h1-6H,(H2,14,15)(H,16,17). The van der Waals surface area contributed by atoms with E-state index < -0.39 is 0 Å². The molecule has 4 nitrogen and oxygen atoms in total. The van der Waals surface area contributed by atoms with Crippen molar-refractivity contribution in [1.29, 1.82) is 0 Å². The van der Waals surface area contributed by atoms with Crippen LogP contribution in [0.25, 0.3) is 22.0 Å². The van der Waals surface area contributed by atoms with E-state index in [0.717, 1.165) is 22.0 Å². The van der Waals surface area contributed by atoms with Gasteiger partial charge in [0.25, 0.3) is 0 Å². The maximum atomic E-state index is 6.17. The predicted molar refractivity (Wildman–Crippen MR) is 68.7 cm³/mol. The molecule has 0 aliphatic heterocycles. The minimum atomic E-state index is 0.504. The van der Waals surface area contributed by atoms with Gasteiger partial charge < -0.3 is 5.73 Å². The summed E-state index contributed by atoms with van der Waals surface area (Å²) in [6.45, 7) is 0. The lowest BCUT2D eigenvalue weighted by Gasteiger charge is -2.03. The fraction of sp³-hybridized carbons (Fsp3) is 0. The number of nitrogen functional groups attached to an aromatic ring is 1. The highest BCUT2D eigenvalue weighted by atomic mass is 35.5. The molecular weight excluding hydrogens is 236 g/mol. The van der Waals surface area contributed by atoms with Crippen LogP contribution in [-0.2, 0) is 0 Å². The third kappa shape index (κ3) is 1.72. The monoisotopic (exact) mass is 244 g/mol. The lowest BCUT2D eigenvalue weighted by Crippen LogP contribution is -1.89. The molecule has 0 amide bonds. The zero-order valence-corrected chi connectivity index (χ0v) is 9.57. The number of anilines is 1. The molecular formula is C12H9ClN4. The summed E-state index contributed by atoms with van der Waals surface area (Å²) in [4.78, 5) is 4.06. The fourth-order valence-corrected chi connectivity index (χ4v) is 2.03. The van der Waals surface area contributed by atoms with Crippen LogP contribution in [0.4, 0.5) is 5.82 Å². The van der Waals surface area contributed by atoms with Gasteiger partial charge in [-0.2, -0.15) is 5.10 Å². The number of hydrogen-bond acceptors (Lipinski definition) is 3. The highest BCUT2D eigenvalue weighted by Gasteiger charge is 2.06. The zero-order chi connectivity index (χ0) is 11.8. The van der Waals surface area contributed by atoms with Crippen molar-refractivity contribution in [2.45, 2.75) is 0 Å². The summed E-state index contributed by atoms with van der Waals surface area (Å²) in [7, 11) is 0. The first-order chi connectivity index (χ1) is 8.24. The molecule has 0 bridgehead atoms. The Balaban J connectivity index is 2.20. The second kappa shape index (κ2) is 3.75. The van der Waals surface area contributed by atoms with Crippen molar-refractivity contribution in [3.05, 3.63) is 41.7 Å². The molecule has 1 aromatic carbocycles. The molecule has 0 unspecified atom stereocenters. The first-order valence-corrected chi connectivity index (χ1v) is 5.46. The van der Waals surface area contributed by atoms with Crippen molar-refractivity contribution < 1.29 is 0 Å². The third-order valence-electron chi connectivity index (χ3n) is 2.62. The van der Waals surface area contributed by atoms with Crippen molar-refractivity contribution >= 4 is 28.3 Å². The van der Waals surface area contributed by atoms with Crippen LogP contribution in [0.5, 0.6) is 0 Å². The van der Waals surface area contributed by atoms with E-state index in [9.17, 15) is 0 Å². The van der Waals surface area contributed by atoms with E-state index in [1.807, 2.05) is 18.2 Å². The number of halogens is 1. The Morgan fingerprint density at radius 3 is 2.76 bits per heavy atom. The molecule has 0 radical (unpaired) electrons. The second-order valence-corrected chi connectivity index (χ2v) is 4.17. The van der Waals surface area contributed by atoms with Gasteiger partial charge in [-0.15, -0.1) is 0 Å². The van der Waals surface area contributed by atoms with Crippen LogP contribution in [0, 0.1) is 0 Å². The molecule has 0 saturated carbocycles. The lowest BCUT2D eigenvalue weighted by molar-refractivity contribution is 1.12. The topological polar surface area (TPSA) is 67.6 Å². The average Bonchev–Trinajstić information content (AvgIpc) is 2.78. The predicted octanol–water partition coefficient (Wildman–Crippen LogP) is 2.86. The summed E-state index contributed by atoms with van der Waals surface area (Å²) in [5.41, 5.74) is 8.38. The van der Waals surface area contributed by atoms with Crippen molar-refractivity contribution in [2.75, 3.05) is 5.73 Å². The van der Waals surface area contributed by atoms with Crippen LogP contribution >= 0.6 is 11.6 Å². The van der Waals surface area contributed by atoms with Gasteiger partial charge in [-0.05, 0) is 29.8 Å². The second-order valence-electron chi connectivity index (χ2n) is 3.76.